The van der Waals surface area contributed by atoms with Crippen LogP contribution in [-0.4, -0.2) is 31.0 Å². The Morgan fingerprint density at radius 1 is 1.50 bits per heavy atom. The molecule has 20 heavy (non-hydrogen) atoms. The Kier molecular flexibility index (Phi) is 4.77. The number of thiazole rings is 1. The van der Waals surface area contributed by atoms with Gasteiger partial charge in [0.2, 0.25) is 0 Å². The van der Waals surface area contributed by atoms with Crippen molar-refractivity contribution in [2.45, 2.75) is 36.8 Å². The van der Waals surface area contributed by atoms with Crippen molar-refractivity contribution >= 4 is 27.3 Å². The van der Waals surface area contributed by atoms with Gasteiger partial charge in [0.25, 0.3) is 10.0 Å². The molecule has 0 aliphatic heterocycles. The number of aryl methyl sites for hydroxylation is 1. The normalized spacial score (nSPS) is 23.6. The molecular weight excluding hydrogens is 300 g/mol. The number of aliphatic carboxylic acids is 1. The van der Waals surface area contributed by atoms with Crippen LogP contribution in [0, 0.1) is 18.8 Å². The van der Waals surface area contributed by atoms with E-state index in [4.69, 9.17) is 0 Å². The van der Waals surface area contributed by atoms with Crippen molar-refractivity contribution in [1.29, 1.82) is 0 Å². The van der Waals surface area contributed by atoms with E-state index in [0.717, 1.165) is 30.6 Å². The third-order valence-corrected chi connectivity index (χ3v) is 6.42. The highest BCUT2D eigenvalue weighted by Crippen LogP contribution is 2.30. The van der Waals surface area contributed by atoms with Gasteiger partial charge in [-0.2, -0.15) is 0 Å². The zero-order chi connectivity index (χ0) is 14.8. The minimum Gasteiger partial charge on any atom is -0.481 e. The standard InChI is InChI=1S/C12H18N2O4S2/c1-8-13-7-11(19-8)20(17,18)14-6-9-4-2-3-5-10(9)12(15)16/h7,9-10,14H,2-6H2,1H3,(H,15,16). The third-order valence-electron chi connectivity index (χ3n) is 3.63. The van der Waals surface area contributed by atoms with Crippen LogP contribution in [0.5, 0.6) is 0 Å². The second-order valence-corrected chi connectivity index (χ2v) is 8.27. The van der Waals surface area contributed by atoms with E-state index >= 15 is 0 Å². The van der Waals surface area contributed by atoms with Gasteiger partial charge >= 0.3 is 5.97 Å². The molecule has 0 spiro atoms. The van der Waals surface area contributed by atoms with Gasteiger partial charge in [-0.25, -0.2) is 18.1 Å². The predicted octanol–water partition coefficient (Wildman–Crippen LogP) is 1.62. The predicted molar refractivity (Wildman–Crippen MR) is 75.1 cm³/mol. The number of aromatic nitrogens is 1. The average Bonchev–Trinajstić information content (AvgIpc) is 2.84. The lowest BCUT2D eigenvalue weighted by Gasteiger charge is -2.28. The van der Waals surface area contributed by atoms with Gasteiger partial charge in [-0.3, -0.25) is 4.79 Å². The Bertz CT molecular complexity index is 582. The minimum absolute atomic E-state index is 0.134. The summed E-state index contributed by atoms with van der Waals surface area (Å²) >= 11 is 1.11. The highest BCUT2D eigenvalue weighted by atomic mass is 32.2. The van der Waals surface area contributed by atoms with Crippen LogP contribution < -0.4 is 4.72 Å². The van der Waals surface area contributed by atoms with Crippen LogP contribution in [0.3, 0.4) is 0 Å². The van der Waals surface area contributed by atoms with Crippen LogP contribution in [-0.2, 0) is 14.8 Å². The molecule has 0 aromatic carbocycles. The van der Waals surface area contributed by atoms with Gasteiger partial charge in [0, 0.05) is 6.54 Å². The summed E-state index contributed by atoms with van der Waals surface area (Å²) in [4.78, 5) is 15.1. The van der Waals surface area contributed by atoms with Gasteiger partial charge in [-0.1, -0.05) is 12.8 Å². The average molecular weight is 318 g/mol. The molecule has 0 bridgehead atoms. The minimum atomic E-state index is -3.57. The van der Waals surface area contributed by atoms with E-state index in [1.54, 1.807) is 6.92 Å². The highest BCUT2D eigenvalue weighted by Gasteiger charge is 2.31. The molecule has 2 unspecified atom stereocenters. The maximum absolute atomic E-state index is 12.1. The molecule has 1 aliphatic rings. The zero-order valence-corrected chi connectivity index (χ0v) is 12.8. The fourth-order valence-corrected chi connectivity index (χ4v) is 4.78. The Morgan fingerprint density at radius 3 is 2.80 bits per heavy atom. The van der Waals surface area contributed by atoms with Crippen molar-refractivity contribution in [3.8, 4) is 0 Å². The number of carbonyl (C=O) groups is 1. The van der Waals surface area contributed by atoms with Crippen LogP contribution in [0.25, 0.3) is 0 Å². The van der Waals surface area contributed by atoms with Crippen LogP contribution in [0.2, 0.25) is 0 Å². The van der Waals surface area contributed by atoms with Crippen molar-refractivity contribution in [3.63, 3.8) is 0 Å². The Balaban J connectivity index is 2.01. The molecule has 6 nitrogen and oxygen atoms in total. The summed E-state index contributed by atoms with van der Waals surface area (Å²) in [5, 5.41) is 9.86. The number of hydrogen-bond donors (Lipinski definition) is 2. The van der Waals surface area contributed by atoms with Gasteiger partial charge < -0.3 is 5.11 Å². The monoisotopic (exact) mass is 318 g/mol. The molecule has 0 amide bonds. The first-order valence-corrected chi connectivity index (χ1v) is 8.85. The first-order valence-electron chi connectivity index (χ1n) is 6.55. The lowest BCUT2D eigenvalue weighted by atomic mass is 9.79. The third kappa shape index (κ3) is 3.56. The summed E-state index contributed by atoms with van der Waals surface area (Å²) in [5.41, 5.74) is 0. The van der Waals surface area contributed by atoms with E-state index in [-0.39, 0.29) is 16.7 Å². The molecule has 0 saturated heterocycles. The molecule has 112 valence electrons. The first kappa shape index (κ1) is 15.4. The number of carboxylic acids is 1. The lowest BCUT2D eigenvalue weighted by molar-refractivity contribution is -0.144. The molecule has 1 aromatic rings. The van der Waals surface area contributed by atoms with Crippen molar-refractivity contribution < 1.29 is 18.3 Å². The van der Waals surface area contributed by atoms with Crippen molar-refractivity contribution in [2.75, 3.05) is 6.54 Å². The van der Waals surface area contributed by atoms with Crippen LogP contribution in [0.15, 0.2) is 10.4 Å². The number of hydrogen-bond acceptors (Lipinski definition) is 5. The SMILES string of the molecule is Cc1ncc(S(=O)(=O)NCC2CCCCC2C(=O)O)s1. The molecule has 2 rings (SSSR count). The number of carboxylic acid groups (broad SMARTS) is 1. The van der Waals surface area contributed by atoms with Crippen LogP contribution >= 0.6 is 11.3 Å². The highest BCUT2D eigenvalue weighted by molar-refractivity contribution is 7.91. The molecule has 1 aliphatic carbocycles. The topological polar surface area (TPSA) is 96.4 Å². The van der Waals surface area contributed by atoms with Gasteiger partial charge in [-0.15, -0.1) is 11.3 Å². The smallest absolute Gasteiger partial charge is 0.306 e. The molecule has 0 radical (unpaired) electrons. The van der Waals surface area contributed by atoms with Crippen LogP contribution in [0.4, 0.5) is 0 Å². The van der Waals surface area contributed by atoms with E-state index < -0.39 is 21.9 Å². The second kappa shape index (κ2) is 6.19. The first-order chi connectivity index (χ1) is 9.40. The van der Waals surface area contributed by atoms with Crippen molar-refractivity contribution in [2.24, 2.45) is 11.8 Å². The van der Waals surface area contributed by atoms with E-state index in [0.29, 0.717) is 11.4 Å². The molecular formula is C12H18N2O4S2. The Labute approximate surface area is 122 Å². The van der Waals surface area contributed by atoms with E-state index in [2.05, 4.69) is 9.71 Å². The summed E-state index contributed by atoms with van der Waals surface area (Å²) < 4.78 is 26.9. The number of rotatable bonds is 5. The van der Waals surface area contributed by atoms with Gasteiger partial charge in [0.1, 0.15) is 0 Å². The summed E-state index contributed by atoms with van der Waals surface area (Å²) in [6.45, 7) is 1.92. The van der Waals surface area contributed by atoms with E-state index in [1.807, 2.05) is 0 Å². The quantitative estimate of drug-likeness (QED) is 0.860. The zero-order valence-electron chi connectivity index (χ0n) is 11.2. The lowest BCUT2D eigenvalue weighted by Crippen LogP contribution is -2.37. The van der Waals surface area contributed by atoms with Crippen molar-refractivity contribution in [1.82, 2.24) is 9.71 Å². The fourth-order valence-electron chi connectivity index (χ4n) is 2.53. The number of sulfonamides is 1. The number of nitrogens with zero attached hydrogens (tertiary/aromatic N) is 1. The molecule has 1 fully saturated rings. The van der Waals surface area contributed by atoms with Gasteiger partial charge in [0.05, 0.1) is 17.1 Å². The molecule has 8 heteroatoms. The fraction of sp³-hybridized carbons (Fsp3) is 0.667. The van der Waals surface area contributed by atoms with Crippen molar-refractivity contribution in [3.05, 3.63) is 11.2 Å². The van der Waals surface area contributed by atoms with Gasteiger partial charge in [-0.05, 0) is 25.7 Å². The van der Waals surface area contributed by atoms with Crippen LogP contribution in [0.1, 0.15) is 30.7 Å². The molecule has 2 atom stereocenters. The molecule has 2 N–H and O–H groups in total. The van der Waals surface area contributed by atoms with E-state index in [9.17, 15) is 18.3 Å². The van der Waals surface area contributed by atoms with Gasteiger partial charge in [0.15, 0.2) is 4.21 Å². The molecule has 1 aromatic heterocycles. The Hall–Kier alpha value is -0.990. The number of nitrogens with one attached hydrogen (secondary N) is 1. The summed E-state index contributed by atoms with van der Waals surface area (Å²) in [6, 6.07) is 0. The second-order valence-electron chi connectivity index (χ2n) is 5.04. The maximum atomic E-state index is 12.1. The summed E-state index contributed by atoms with van der Waals surface area (Å²) in [5.74, 6) is -1.41. The Morgan fingerprint density at radius 2 is 2.20 bits per heavy atom. The summed E-state index contributed by atoms with van der Waals surface area (Å²) in [7, 11) is -3.57. The largest absolute Gasteiger partial charge is 0.481 e. The molecule has 1 saturated carbocycles. The molecule has 1 heterocycles. The van der Waals surface area contributed by atoms with E-state index in [1.165, 1.54) is 6.20 Å². The maximum Gasteiger partial charge on any atom is 0.306 e. The summed E-state index contributed by atoms with van der Waals surface area (Å²) in [6.07, 6.45) is 4.56.